The van der Waals surface area contributed by atoms with E-state index in [0.29, 0.717) is 5.92 Å². The van der Waals surface area contributed by atoms with Gasteiger partial charge in [-0.2, -0.15) is 0 Å². The Morgan fingerprint density at radius 3 is 2.25 bits per heavy atom. The molecule has 0 saturated heterocycles. The quantitative estimate of drug-likeness (QED) is 0.632. The number of aliphatic hydroxyl groups is 1. The summed E-state index contributed by atoms with van der Waals surface area (Å²) in [5, 5.41) is 10.1. The second-order valence-electron chi connectivity index (χ2n) is 5.61. The lowest BCUT2D eigenvalue weighted by Crippen LogP contribution is -2.25. The van der Waals surface area contributed by atoms with Crippen LogP contribution in [0.4, 0.5) is 0 Å². The van der Waals surface area contributed by atoms with E-state index in [2.05, 4.69) is 13.8 Å². The van der Waals surface area contributed by atoms with Crippen LogP contribution < -0.4 is 0 Å². The molecule has 1 aliphatic rings. The van der Waals surface area contributed by atoms with Crippen LogP contribution in [0, 0.1) is 11.8 Å². The Hall–Kier alpha value is -0.0400. The van der Waals surface area contributed by atoms with Gasteiger partial charge >= 0.3 is 0 Å². The van der Waals surface area contributed by atoms with Gasteiger partial charge in [0, 0.05) is 0 Å². The van der Waals surface area contributed by atoms with Crippen LogP contribution in [0.1, 0.15) is 78.1 Å². The van der Waals surface area contributed by atoms with Crippen LogP contribution in [0.25, 0.3) is 0 Å². The second kappa shape index (κ2) is 8.11. The second-order valence-corrected chi connectivity index (χ2v) is 5.61. The van der Waals surface area contributed by atoms with E-state index in [1.807, 2.05) is 0 Å². The molecular weight excluding hydrogens is 196 g/mol. The molecule has 1 atom stereocenters. The predicted molar refractivity (Wildman–Crippen MR) is 70.5 cm³/mol. The summed E-state index contributed by atoms with van der Waals surface area (Å²) in [5.41, 5.74) is 0. The van der Waals surface area contributed by atoms with Gasteiger partial charge in [-0.05, 0) is 31.1 Å². The van der Waals surface area contributed by atoms with Gasteiger partial charge in [-0.25, -0.2) is 0 Å². The zero-order valence-electron chi connectivity index (χ0n) is 11.3. The number of hydrogen-bond acceptors (Lipinski definition) is 1. The van der Waals surface area contributed by atoms with Crippen molar-refractivity contribution in [2.45, 2.75) is 84.2 Å². The van der Waals surface area contributed by atoms with Crippen molar-refractivity contribution in [3.8, 4) is 0 Å². The Labute approximate surface area is 102 Å². The van der Waals surface area contributed by atoms with Crippen molar-refractivity contribution >= 4 is 0 Å². The van der Waals surface area contributed by atoms with Crippen LogP contribution >= 0.6 is 0 Å². The maximum absolute atomic E-state index is 10.1. The molecule has 0 heterocycles. The van der Waals surface area contributed by atoms with Crippen LogP contribution in [-0.2, 0) is 0 Å². The molecule has 0 radical (unpaired) electrons. The minimum atomic E-state index is -0.00494. The monoisotopic (exact) mass is 226 g/mol. The van der Waals surface area contributed by atoms with Crippen molar-refractivity contribution in [1.29, 1.82) is 0 Å². The van der Waals surface area contributed by atoms with E-state index in [1.54, 1.807) is 0 Å². The third-order valence-electron chi connectivity index (χ3n) is 4.37. The minimum absolute atomic E-state index is 0.00494. The normalized spacial score (nSPS) is 27.9. The fourth-order valence-electron chi connectivity index (χ4n) is 3.00. The summed E-state index contributed by atoms with van der Waals surface area (Å²) in [7, 11) is 0. The molecule has 0 aromatic rings. The van der Waals surface area contributed by atoms with Crippen LogP contribution in [0.2, 0.25) is 0 Å². The molecule has 0 aromatic carbocycles. The largest absolute Gasteiger partial charge is 0.393 e. The maximum Gasteiger partial charge on any atom is 0.0568 e. The molecule has 0 spiro atoms. The molecule has 1 unspecified atom stereocenters. The van der Waals surface area contributed by atoms with E-state index in [1.165, 1.54) is 57.8 Å². The molecule has 1 aliphatic carbocycles. The molecule has 0 aromatic heterocycles. The van der Waals surface area contributed by atoms with Gasteiger partial charge in [0.1, 0.15) is 0 Å². The SMILES string of the molecule is CCCCCCC(O)C1CCC(CC)CC1. The van der Waals surface area contributed by atoms with Crippen LogP contribution in [0.3, 0.4) is 0 Å². The highest BCUT2D eigenvalue weighted by atomic mass is 16.3. The predicted octanol–water partition coefficient (Wildman–Crippen LogP) is 4.53. The summed E-state index contributed by atoms with van der Waals surface area (Å²) >= 11 is 0. The van der Waals surface area contributed by atoms with E-state index in [4.69, 9.17) is 0 Å². The fraction of sp³-hybridized carbons (Fsp3) is 1.00. The average Bonchev–Trinajstić information content (AvgIpc) is 2.34. The summed E-state index contributed by atoms with van der Waals surface area (Å²) < 4.78 is 0. The van der Waals surface area contributed by atoms with Gasteiger partial charge in [-0.3, -0.25) is 0 Å². The molecule has 1 N–H and O–H groups in total. The van der Waals surface area contributed by atoms with E-state index in [0.717, 1.165) is 12.3 Å². The number of unbranched alkanes of at least 4 members (excludes halogenated alkanes) is 3. The molecule has 1 rings (SSSR count). The van der Waals surface area contributed by atoms with Gasteiger partial charge in [-0.1, -0.05) is 58.8 Å². The van der Waals surface area contributed by atoms with Crippen molar-refractivity contribution in [3.05, 3.63) is 0 Å². The number of rotatable bonds is 7. The molecule has 1 nitrogen and oxygen atoms in total. The first kappa shape index (κ1) is 14.0. The Morgan fingerprint density at radius 1 is 1.00 bits per heavy atom. The first-order chi connectivity index (χ1) is 7.77. The fourth-order valence-corrected chi connectivity index (χ4v) is 3.00. The van der Waals surface area contributed by atoms with Crippen LogP contribution in [0.5, 0.6) is 0 Å². The summed E-state index contributed by atoms with van der Waals surface area (Å²) in [6.07, 6.45) is 12.8. The summed E-state index contributed by atoms with van der Waals surface area (Å²) in [6.45, 7) is 4.54. The lowest BCUT2D eigenvalue weighted by molar-refractivity contribution is 0.0642. The van der Waals surface area contributed by atoms with Crippen molar-refractivity contribution in [3.63, 3.8) is 0 Å². The number of hydrogen-bond donors (Lipinski definition) is 1. The van der Waals surface area contributed by atoms with Gasteiger partial charge < -0.3 is 5.11 Å². The van der Waals surface area contributed by atoms with Crippen molar-refractivity contribution < 1.29 is 5.11 Å². The number of aliphatic hydroxyl groups excluding tert-OH is 1. The highest BCUT2D eigenvalue weighted by Crippen LogP contribution is 2.33. The molecule has 96 valence electrons. The van der Waals surface area contributed by atoms with Gasteiger partial charge in [0.05, 0.1) is 6.10 Å². The summed E-state index contributed by atoms with van der Waals surface area (Å²) in [4.78, 5) is 0. The standard InChI is InChI=1S/C15H30O/c1-3-5-6-7-8-15(16)14-11-9-13(4-2)10-12-14/h13-16H,3-12H2,1-2H3. The molecule has 1 heteroatoms. The van der Waals surface area contributed by atoms with Crippen molar-refractivity contribution in [2.24, 2.45) is 11.8 Å². The summed E-state index contributed by atoms with van der Waals surface area (Å²) in [5.74, 6) is 1.56. The smallest absolute Gasteiger partial charge is 0.0568 e. The topological polar surface area (TPSA) is 20.2 Å². The Kier molecular flexibility index (Phi) is 7.11. The highest BCUT2D eigenvalue weighted by molar-refractivity contribution is 4.76. The van der Waals surface area contributed by atoms with E-state index >= 15 is 0 Å². The zero-order chi connectivity index (χ0) is 11.8. The van der Waals surface area contributed by atoms with Gasteiger partial charge in [0.25, 0.3) is 0 Å². The van der Waals surface area contributed by atoms with Gasteiger partial charge in [0.15, 0.2) is 0 Å². The molecular formula is C15H30O. The molecule has 1 saturated carbocycles. The van der Waals surface area contributed by atoms with E-state index in [9.17, 15) is 5.11 Å². The Morgan fingerprint density at radius 2 is 1.69 bits per heavy atom. The minimum Gasteiger partial charge on any atom is -0.393 e. The molecule has 0 bridgehead atoms. The Balaban J connectivity index is 2.10. The Bertz CT molecular complexity index is 159. The van der Waals surface area contributed by atoms with Crippen molar-refractivity contribution in [1.82, 2.24) is 0 Å². The van der Waals surface area contributed by atoms with Gasteiger partial charge in [0.2, 0.25) is 0 Å². The first-order valence-corrected chi connectivity index (χ1v) is 7.46. The average molecular weight is 226 g/mol. The third-order valence-corrected chi connectivity index (χ3v) is 4.37. The molecule has 0 amide bonds. The van der Waals surface area contributed by atoms with E-state index in [-0.39, 0.29) is 6.10 Å². The summed E-state index contributed by atoms with van der Waals surface area (Å²) in [6, 6.07) is 0. The lowest BCUT2D eigenvalue weighted by Gasteiger charge is -2.31. The first-order valence-electron chi connectivity index (χ1n) is 7.46. The van der Waals surface area contributed by atoms with E-state index < -0.39 is 0 Å². The third kappa shape index (κ3) is 4.86. The maximum atomic E-state index is 10.1. The molecule has 1 fully saturated rings. The van der Waals surface area contributed by atoms with Crippen molar-refractivity contribution in [2.75, 3.05) is 0 Å². The highest BCUT2D eigenvalue weighted by Gasteiger charge is 2.25. The van der Waals surface area contributed by atoms with Crippen LogP contribution in [-0.4, -0.2) is 11.2 Å². The van der Waals surface area contributed by atoms with Gasteiger partial charge in [-0.15, -0.1) is 0 Å². The molecule has 16 heavy (non-hydrogen) atoms. The molecule has 0 aliphatic heterocycles. The zero-order valence-corrected chi connectivity index (χ0v) is 11.3. The van der Waals surface area contributed by atoms with Crippen LogP contribution in [0.15, 0.2) is 0 Å². The lowest BCUT2D eigenvalue weighted by atomic mass is 9.77.